The number of carbonyl (C=O) groups excluding carboxylic acids is 1. The Kier molecular flexibility index (Phi) is 4.97. The fourth-order valence-corrected chi connectivity index (χ4v) is 4.14. The van der Waals surface area contributed by atoms with Crippen molar-refractivity contribution < 1.29 is 18.0 Å². The summed E-state index contributed by atoms with van der Waals surface area (Å²) in [7, 11) is -0.792. The average molecular weight is 312 g/mol. The number of hydroxylamine groups is 2. The van der Waals surface area contributed by atoms with Gasteiger partial charge >= 0.3 is 0 Å². The van der Waals surface area contributed by atoms with Gasteiger partial charge < -0.3 is 0 Å². The van der Waals surface area contributed by atoms with Crippen LogP contribution in [0.3, 0.4) is 0 Å². The van der Waals surface area contributed by atoms with Crippen molar-refractivity contribution in [1.29, 1.82) is 0 Å². The minimum atomic E-state index is -3.67. The lowest BCUT2D eigenvalue weighted by Crippen LogP contribution is -2.51. The zero-order valence-corrected chi connectivity index (χ0v) is 13.0. The lowest BCUT2D eigenvalue weighted by Gasteiger charge is -2.35. The van der Waals surface area contributed by atoms with Crippen LogP contribution in [0.15, 0.2) is 35.2 Å². The summed E-state index contributed by atoms with van der Waals surface area (Å²) in [5.41, 5.74) is 0. The molecule has 2 rings (SSSR count). The minimum Gasteiger partial charge on any atom is -0.275 e. The number of benzene rings is 1. The van der Waals surface area contributed by atoms with E-state index in [9.17, 15) is 13.2 Å². The molecular formula is C14H20N2O4S. The van der Waals surface area contributed by atoms with Crippen molar-refractivity contribution >= 4 is 15.9 Å². The lowest BCUT2D eigenvalue weighted by molar-refractivity contribution is -0.173. The smallest absolute Gasteiger partial charge is 0.264 e. The third-order valence-electron chi connectivity index (χ3n) is 3.67. The highest BCUT2D eigenvalue weighted by Crippen LogP contribution is 2.26. The molecule has 1 aromatic carbocycles. The maximum Gasteiger partial charge on any atom is 0.264 e. The van der Waals surface area contributed by atoms with E-state index in [2.05, 4.69) is 0 Å². The van der Waals surface area contributed by atoms with Gasteiger partial charge in [0.15, 0.2) is 0 Å². The molecule has 6 nitrogen and oxygen atoms in total. The Bertz CT molecular complexity index is 588. The van der Waals surface area contributed by atoms with E-state index in [0.717, 1.165) is 17.9 Å². The average Bonchev–Trinajstić information content (AvgIpc) is 2.54. The molecule has 0 saturated carbocycles. The van der Waals surface area contributed by atoms with Crippen molar-refractivity contribution in [2.75, 3.05) is 20.7 Å². The predicted octanol–water partition coefficient (Wildman–Crippen LogP) is 1.25. The summed E-state index contributed by atoms with van der Waals surface area (Å²) in [6.45, 7) is 0.352. The van der Waals surface area contributed by atoms with Crippen LogP contribution >= 0.6 is 0 Å². The van der Waals surface area contributed by atoms with E-state index >= 15 is 0 Å². The van der Waals surface area contributed by atoms with E-state index in [1.807, 2.05) is 0 Å². The van der Waals surface area contributed by atoms with Gasteiger partial charge in [0.1, 0.15) is 6.04 Å². The molecule has 0 N–H and O–H groups in total. The summed E-state index contributed by atoms with van der Waals surface area (Å²) in [5.74, 6) is -0.336. The lowest BCUT2D eigenvalue weighted by atomic mass is 10.0. The molecule has 7 heteroatoms. The zero-order valence-electron chi connectivity index (χ0n) is 12.2. The van der Waals surface area contributed by atoms with E-state index in [1.165, 1.54) is 18.5 Å². The van der Waals surface area contributed by atoms with Crippen LogP contribution in [0.1, 0.15) is 19.3 Å². The summed E-state index contributed by atoms with van der Waals surface area (Å²) < 4.78 is 26.8. The topological polar surface area (TPSA) is 66.9 Å². The van der Waals surface area contributed by atoms with Crippen LogP contribution < -0.4 is 0 Å². The summed E-state index contributed by atoms with van der Waals surface area (Å²) in [6.07, 6.45) is 2.10. The third kappa shape index (κ3) is 3.25. The van der Waals surface area contributed by atoms with E-state index < -0.39 is 16.1 Å². The standard InChI is InChI=1S/C14H20N2O4S/c1-15(20-2)14(17)13-10-6-7-11-16(13)21(18,19)12-8-4-3-5-9-12/h3-5,8-9,13H,6-7,10-11H2,1-2H3. The van der Waals surface area contributed by atoms with Crippen molar-refractivity contribution in [3.8, 4) is 0 Å². The first-order chi connectivity index (χ1) is 9.98. The van der Waals surface area contributed by atoms with Gasteiger partial charge in [0.05, 0.1) is 12.0 Å². The number of hydrogen-bond donors (Lipinski definition) is 0. The number of rotatable bonds is 4. The van der Waals surface area contributed by atoms with Crippen LogP contribution in [0.4, 0.5) is 0 Å². The van der Waals surface area contributed by atoms with Crippen molar-refractivity contribution in [3.05, 3.63) is 30.3 Å². The monoisotopic (exact) mass is 312 g/mol. The van der Waals surface area contributed by atoms with Crippen LogP contribution in [0, 0.1) is 0 Å². The molecule has 1 saturated heterocycles. The second kappa shape index (κ2) is 6.55. The first-order valence-electron chi connectivity index (χ1n) is 6.87. The number of amides is 1. The van der Waals surface area contributed by atoms with Gasteiger partial charge in [-0.1, -0.05) is 24.6 Å². The molecule has 0 aromatic heterocycles. The molecule has 1 aliphatic rings. The Morgan fingerprint density at radius 3 is 2.57 bits per heavy atom. The van der Waals surface area contributed by atoms with Crippen LogP contribution in [-0.2, 0) is 19.7 Å². The summed E-state index contributed by atoms with van der Waals surface area (Å²) in [6, 6.07) is 7.51. The van der Waals surface area contributed by atoms with Gasteiger partial charge in [-0.25, -0.2) is 13.5 Å². The maximum atomic E-state index is 12.7. The fourth-order valence-electron chi connectivity index (χ4n) is 2.47. The number of piperidine rings is 1. The second-order valence-electron chi connectivity index (χ2n) is 4.96. The SMILES string of the molecule is CON(C)C(=O)C1CCCCN1S(=O)(=O)c1ccccc1. The highest BCUT2D eigenvalue weighted by molar-refractivity contribution is 7.89. The first-order valence-corrected chi connectivity index (χ1v) is 8.31. The van der Waals surface area contributed by atoms with Crippen molar-refractivity contribution in [1.82, 2.24) is 9.37 Å². The normalized spacial score (nSPS) is 20.2. The molecule has 1 heterocycles. The summed E-state index contributed by atoms with van der Waals surface area (Å²) in [4.78, 5) is 17.4. The maximum absolute atomic E-state index is 12.7. The van der Waals surface area contributed by atoms with Crippen molar-refractivity contribution in [2.24, 2.45) is 0 Å². The minimum absolute atomic E-state index is 0.213. The Morgan fingerprint density at radius 1 is 1.29 bits per heavy atom. The molecule has 0 radical (unpaired) electrons. The van der Waals surface area contributed by atoms with E-state index in [0.29, 0.717) is 13.0 Å². The third-order valence-corrected chi connectivity index (χ3v) is 5.60. The van der Waals surface area contributed by atoms with Gasteiger partial charge in [-0.15, -0.1) is 0 Å². The molecule has 1 fully saturated rings. The molecule has 0 bridgehead atoms. The summed E-state index contributed by atoms with van der Waals surface area (Å²) >= 11 is 0. The second-order valence-corrected chi connectivity index (χ2v) is 6.85. The quantitative estimate of drug-likeness (QED) is 0.785. The molecule has 1 aromatic rings. The summed E-state index contributed by atoms with van der Waals surface area (Å²) in [5, 5.41) is 1.09. The van der Waals surface area contributed by atoms with Gasteiger partial charge in [-0.05, 0) is 25.0 Å². The molecule has 1 amide bonds. The molecular weight excluding hydrogens is 292 g/mol. The fraction of sp³-hybridized carbons (Fsp3) is 0.500. The molecule has 0 aliphatic carbocycles. The van der Waals surface area contributed by atoms with Gasteiger partial charge in [0.2, 0.25) is 10.0 Å². The van der Waals surface area contributed by atoms with Crippen LogP contribution in [0.5, 0.6) is 0 Å². The molecule has 1 atom stereocenters. The molecule has 21 heavy (non-hydrogen) atoms. The van der Waals surface area contributed by atoms with Gasteiger partial charge in [0, 0.05) is 13.6 Å². The number of nitrogens with zero attached hydrogens (tertiary/aromatic N) is 2. The largest absolute Gasteiger partial charge is 0.275 e. The number of sulfonamides is 1. The molecule has 0 spiro atoms. The van der Waals surface area contributed by atoms with Crippen LogP contribution in [0.25, 0.3) is 0 Å². The van der Waals surface area contributed by atoms with E-state index in [-0.39, 0.29) is 10.8 Å². The van der Waals surface area contributed by atoms with Crippen molar-refractivity contribution in [2.45, 2.75) is 30.2 Å². The molecule has 1 aliphatic heterocycles. The Hall–Kier alpha value is -1.44. The van der Waals surface area contributed by atoms with E-state index in [4.69, 9.17) is 4.84 Å². The van der Waals surface area contributed by atoms with Gasteiger partial charge in [0.25, 0.3) is 5.91 Å². The van der Waals surface area contributed by atoms with Crippen LogP contribution in [0.2, 0.25) is 0 Å². The van der Waals surface area contributed by atoms with E-state index in [1.54, 1.807) is 30.3 Å². The molecule has 1 unspecified atom stereocenters. The van der Waals surface area contributed by atoms with Gasteiger partial charge in [-0.2, -0.15) is 4.31 Å². The predicted molar refractivity (Wildman–Crippen MR) is 77.8 cm³/mol. The first kappa shape index (κ1) is 15.9. The number of hydrogen-bond acceptors (Lipinski definition) is 4. The number of carbonyl (C=O) groups is 1. The highest BCUT2D eigenvalue weighted by atomic mass is 32.2. The zero-order chi connectivity index (χ0) is 15.5. The molecule has 116 valence electrons. The number of likely N-dealkylation sites (N-methyl/N-ethyl adjacent to an activating group) is 1. The Morgan fingerprint density at radius 2 is 1.95 bits per heavy atom. The van der Waals surface area contributed by atoms with Crippen LogP contribution in [-0.4, -0.2) is 50.4 Å². The Balaban J connectivity index is 2.33. The van der Waals surface area contributed by atoms with Gasteiger partial charge in [-0.3, -0.25) is 9.63 Å². The Labute approximate surface area is 125 Å². The highest BCUT2D eigenvalue weighted by Gasteiger charge is 2.38. The van der Waals surface area contributed by atoms with Crippen molar-refractivity contribution in [3.63, 3.8) is 0 Å².